The fraction of sp³-hybridized carbons (Fsp3) is 0.333. The first-order valence-electron chi connectivity index (χ1n) is 14.8. The van der Waals surface area contributed by atoms with Gasteiger partial charge in [-0.3, -0.25) is 14.6 Å². The molecule has 0 radical (unpaired) electrons. The number of nitrogens with zero attached hydrogens (tertiary/aromatic N) is 6. The number of pyridine rings is 1. The maximum absolute atomic E-state index is 13.7. The summed E-state index contributed by atoms with van der Waals surface area (Å²) < 4.78 is 12.9. The zero-order valence-electron chi connectivity index (χ0n) is 24.5. The van der Waals surface area contributed by atoms with Crippen LogP contribution in [0.4, 0.5) is 0 Å². The number of ether oxygens (including phenoxy) is 2. The quantitative estimate of drug-likeness (QED) is 0.295. The van der Waals surface area contributed by atoms with E-state index in [-0.39, 0.29) is 18.4 Å². The summed E-state index contributed by atoms with van der Waals surface area (Å²) in [6.07, 6.45) is 0.793. The Labute approximate surface area is 249 Å². The molecule has 0 bridgehead atoms. The molecule has 43 heavy (non-hydrogen) atoms. The third-order valence-electron chi connectivity index (χ3n) is 8.66. The molecular formula is C33H35N7O3. The zero-order chi connectivity index (χ0) is 29.3. The summed E-state index contributed by atoms with van der Waals surface area (Å²) in [5.41, 5.74) is 6.13. The highest BCUT2D eigenvalue weighted by molar-refractivity contribution is 5.81. The first-order chi connectivity index (χ1) is 21.0. The van der Waals surface area contributed by atoms with E-state index < -0.39 is 0 Å². The van der Waals surface area contributed by atoms with E-state index in [1.165, 1.54) is 16.7 Å². The fourth-order valence-corrected chi connectivity index (χ4v) is 6.12. The molecule has 4 heterocycles. The van der Waals surface area contributed by atoms with Gasteiger partial charge in [0.25, 0.3) is 5.56 Å². The van der Waals surface area contributed by atoms with Crippen molar-refractivity contribution in [1.29, 1.82) is 0 Å². The molecule has 0 unspecified atom stereocenters. The number of hydrogen-bond acceptors (Lipinski definition) is 8. The van der Waals surface area contributed by atoms with Gasteiger partial charge in [-0.1, -0.05) is 36.4 Å². The molecule has 2 aliphatic heterocycles. The van der Waals surface area contributed by atoms with Crippen molar-refractivity contribution in [1.82, 2.24) is 35.0 Å². The van der Waals surface area contributed by atoms with Gasteiger partial charge in [-0.25, -0.2) is 4.68 Å². The van der Waals surface area contributed by atoms with Crippen LogP contribution in [0.25, 0.3) is 10.9 Å². The maximum Gasteiger partial charge on any atom is 0.253 e. The molecule has 1 fully saturated rings. The summed E-state index contributed by atoms with van der Waals surface area (Å²) in [5, 5.41) is 14.0. The second kappa shape index (κ2) is 11.6. The number of hydrogen-bond donors (Lipinski definition) is 1. The predicted octanol–water partition coefficient (Wildman–Crippen LogP) is 4.01. The fourth-order valence-electron chi connectivity index (χ4n) is 6.12. The SMILES string of the molecule is Cc1cc2cc([C@H](c3nnnn3CCc3ccccc3)N3CCN(Cc4ccc5c(c4)OCO5)CC3)c(=O)[nH]c2cc1C. The van der Waals surface area contributed by atoms with Crippen LogP contribution in [0, 0.1) is 13.8 Å². The van der Waals surface area contributed by atoms with Gasteiger partial charge in [0.1, 0.15) is 6.04 Å². The van der Waals surface area contributed by atoms with E-state index in [9.17, 15) is 4.79 Å². The molecule has 1 atom stereocenters. The van der Waals surface area contributed by atoms with Gasteiger partial charge >= 0.3 is 0 Å². The van der Waals surface area contributed by atoms with Crippen molar-refractivity contribution in [2.45, 2.75) is 39.4 Å². The predicted molar refractivity (Wildman–Crippen MR) is 163 cm³/mol. The Morgan fingerprint density at radius 1 is 0.884 bits per heavy atom. The number of H-pyrrole nitrogens is 1. The Kier molecular flexibility index (Phi) is 7.38. The number of nitrogens with one attached hydrogen (secondary N) is 1. The minimum absolute atomic E-state index is 0.110. The molecule has 7 rings (SSSR count). The summed E-state index contributed by atoms with van der Waals surface area (Å²) in [5.74, 6) is 2.29. The van der Waals surface area contributed by atoms with E-state index in [1.54, 1.807) is 0 Å². The van der Waals surface area contributed by atoms with Crippen LogP contribution in [-0.4, -0.2) is 68.0 Å². The van der Waals surface area contributed by atoms with E-state index in [0.717, 1.165) is 67.1 Å². The maximum atomic E-state index is 13.7. The van der Waals surface area contributed by atoms with E-state index in [0.29, 0.717) is 17.9 Å². The van der Waals surface area contributed by atoms with Gasteiger partial charge < -0.3 is 14.5 Å². The minimum Gasteiger partial charge on any atom is -0.454 e. The summed E-state index contributed by atoms with van der Waals surface area (Å²) in [6.45, 7) is 9.11. The van der Waals surface area contributed by atoms with Crippen LogP contribution in [0.15, 0.2) is 71.5 Å². The van der Waals surface area contributed by atoms with Crippen LogP contribution in [0.2, 0.25) is 0 Å². The van der Waals surface area contributed by atoms with Gasteiger partial charge in [0, 0.05) is 50.3 Å². The first kappa shape index (κ1) is 27.3. The van der Waals surface area contributed by atoms with Crippen LogP contribution < -0.4 is 15.0 Å². The number of aromatic nitrogens is 5. The van der Waals surface area contributed by atoms with Crippen molar-refractivity contribution in [3.8, 4) is 11.5 Å². The molecule has 0 amide bonds. The van der Waals surface area contributed by atoms with Gasteiger partial charge in [0.2, 0.25) is 6.79 Å². The van der Waals surface area contributed by atoms with Crippen LogP contribution in [-0.2, 0) is 19.5 Å². The smallest absolute Gasteiger partial charge is 0.253 e. The Morgan fingerprint density at radius 3 is 2.51 bits per heavy atom. The van der Waals surface area contributed by atoms with Gasteiger partial charge in [0.15, 0.2) is 17.3 Å². The van der Waals surface area contributed by atoms with Crippen molar-refractivity contribution in [2.75, 3.05) is 33.0 Å². The molecule has 1 saturated heterocycles. The highest BCUT2D eigenvalue weighted by atomic mass is 16.7. The first-order valence-corrected chi connectivity index (χ1v) is 14.8. The Morgan fingerprint density at radius 2 is 1.67 bits per heavy atom. The van der Waals surface area contributed by atoms with Crippen molar-refractivity contribution in [2.24, 2.45) is 0 Å². The normalized spacial score (nSPS) is 16.1. The molecule has 0 saturated carbocycles. The molecule has 3 aromatic carbocycles. The highest BCUT2D eigenvalue weighted by Crippen LogP contribution is 2.33. The number of tetrazole rings is 1. The second-order valence-electron chi connectivity index (χ2n) is 11.5. The van der Waals surface area contributed by atoms with Crippen molar-refractivity contribution < 1.29 is 9.47 Å². The lowest BCUT2D eigenvalue weighted by Gasteiger charge is -2.38. The molecule has 0 spiro atoms. The van der Waals surface area contributed by atoms with Crippen molar-refractivity contribution in [3.05, 3.63) is 111 Å². The lowest BCUT2D eigenvalue weighted by molar-refractivity contribution is 0.0996. The number of fused-ring (bicyclic) bond motifs is 2. The number of rotatable bonds is 8. The van der Waals surface area contributed by atoms with Gasteiger partial charge in [0.05, 0.1) is 0 Å². The van der Waals surface area contributed by atoms with Crippen molar-refractivity contribution in [3.63, 3.8) is 0 Å². The van der Waals surface area contributed by atoms with Crippen LogP contribution in [0.1, 0.15) is 39.7 Å². The zero-order valence-corrected chi connectivity index (χ0v) is 24.5. The molecule has 10 nitrogen and oxygen atoms in total. The van der Waals surface area contributed by atoms with Crippen molar-refractivity contribution >= 4 is 10.9 Å². The summed E-state index contributed by atoms with van der Waals surface area (Å²) in [4.78, 5) is 21.6. The molecule has 10 heteroatoms. The summed E-state index contributed by atoms with van der Waals surface area (Å²) >= 11 is 0. The number of piperazine rings is 1. The Bertz CT molecular complexity index is 1810. The van der Waals surface area contributed by atoms with Crippen LogP contribution in [0.5, 0.6) is 11.5 Å². The monoisotopic (exact) mass is 577 g/mol. The van der Waals surface area contributed by atoms with Gasteiger partial charge in [-0.05, 0) is 88.7 Å². The van der Waals surface area contributed by atoms with E-state index in [1.807, 2.05) is 41.1 Å². The van der Waals surface area contributed by atoms with Crippen LogP contribution in [0.3, 0.4) is 0 Å². The number of benzene rings is 3. The minimum atomic E-state index is -0.381. The van der Waals surface area contributed by atoms with Crippen LogP contribution >= 0.6 is 0 Å². The number of aromatic amines is 1. The molecule has 0 aliphatic carbocycles. The van der Waals surface area contributed by atoms with E-state index in [4.69, 9.17) is 9.47 Å². The molecular weight excluding hydrogens is 542 g/mol. The largest absolute Gasteiger partial charge is 0.454 e. The third kappa shape index (κ3) is 5.63. The Hall–Kier alpha value is -4.54. The Balaban J connectivity index is 1.18. The average molecular weight is 578 g/mol. The summed E-state index contributed by atoms with van der Waals surface area (Å²) in [7, 11) is 0. The third-order valence-corrected chi connectivity index (χ3v) is 8.66. The van der Waals surface area contributed by atoms with E-state index >= 15 is 0 Å². The molecule has 2 aliphatic rings. The molecule has 2 aromatic heterocycles. The standard InChI is InChI=1S/C33H35N7O3/c1-22-16-26-19-27(33(41)34-28(26)17-23(22)2)31(32-35-36-37-40(32)11-10-24-6-4-3-5-7-24)39-14-12-38(13-15-39)20-25-8-9-29-30(18-25)43-21-42-29/h3-9,16-19,31H,10-15,20-21H2,1-2H3,(H,34,41)/t31-/m1/s1. The van der Waals surface area contributed by atoms with Gasteiger partial charge in [-0.2, -0.15) is 0 Å². The van der Waals surface area contributed by atoms with E-state index in [2.05, 4.69) is 74.5 Å². The number of aryl methyl sites for hydroxylation is 4. The summed E-state index contributed by atoms with van der Waals surface area (Å²) in [6, 6.07) is 22.3. The molecule has 220 valence electrons. The molecule has 1 N–H and O–H groups in total. The molecule has 5 aromatic rings. The lowest BCUT2D eigenvalue weighted by Crippen LogP contribution is -2.48. The topological polar surface area (TPSA) is 101 Å². The van der Waals surface area contributed by atoms with Gasteiger partial charge in [-0.15, -0.1) is 5.10 Å². The highest BCUT2D eigenvalue weighted by Gasteiger charge is 2.33. The average Bonchev–Trinajstić information content (AvgIpc) is 3.68. The second-order valence-corrected chi connectivity index (χ2v) is 11.5. The lowest BCUT2D eigenvalue weighted by atomic mass is 10.00.